The molecule has 0 atom stereocenters. The van der Waals surface area contributed by atoms with Gasteiger partial charge in [0, 0.05) is 13.1 Å². The average Bonchev–Trinajstić information content (AvgIpc) is 2.78. The van der Waals surface area contributed by atoms with Crippen molar-refractivity contribution in [2.75, 3.05) is 13.1 Å². The molecule has 86 valence electrons. The number of amides is 1. The Kier molecular flexibility index (Phi) is 3.19. The molecule has 0 aliphatic carbocycles. The molecular weight excluding hydrogens is 228 g/mol. The van der Waals surface area contributed by atoms with E-state index < -0.39 is 5.97 Å². The molecule has 0 radical (unpaired) electrons. The number of hydrogen-bond acceptors (Lipinski definition) is 4. The Morgan fingerprint density at radius 2 is 2.00 bits per heavy atom. The van der Waals surface area contributed by atoms with Gasteiger partial charge in [0.05, 0.1) is 0 Å². The molecule has 1 aliphatic heterocycles. The molecule has 1 N–H and O–H groups in total. The second kappa shape index (κ2) is 4.61. The largest absolute Gasteiger partial charge is 0.477 e. The molecule has 0 saturated carbocycles. The molecule has 2 rings (SSSR count). The molecule has 0 unspecified atom stereocenters. The summed E-state index contributed by atoms with van der Waals surface area (Å²) in [5.74, 6) is -1.18. The molecule has 0 spiro atoms. The zero-order valence-corrected chi connectivity index (χ0v) is 9.50. The fourth-order valence-electron chi connectivity index (χ4n) is 1.74. The van der Waals surface area contributed by atoms with Crippen LogP contribution in [0, 0.1) is 0 Å². The molecule has 1 aromatic heterocycles. The van der Waals surface area contributed by atoms with Gasteiger partial charge in [-0.2, -0.15) is 4.37 Å². The topological polar surface area (TPSA) is 70.5 Å². The van der Waals surface area contributed by atoms with Crippen molar-refractivity contribution in [1.82, 2.24) is 9.27 Å². The molecule has 1 saturated heterocycles. The Hall–Kier alpha value is -1.43. The molecule has 1 aromatic rings. The molecule has 6 heteroatoms. The Morgan fingerprint density at radius 1 is 1.31 bits per heavy atom. The zero-order chi connectivity index (χ0) is 11.5. The number of nitrogens with zero attached hydrogens (tertiary/aromatic N) is 2. The molecule has 1 fully saturated rings. The minimum atomic E-state index is -1.03. The number of carboxylic acids is 1. The third kappa shape index (κ3) is 2.21. The molecule has 2 heterocycles. The summed E-state index contributed by atoms with van der Waals surface area (Å²) in [7, 11) is 0. The van der Waals surface area contributed by atoms with Crippen molar-refractivity contribution in [3.8, 4) is 0 Å². The minimum Gasteiger partial charge on any atom is -0.477 e. The molecule has 1 amide bonds. The van der Waals surface area contributed by atoms with E-state index in [-0.39, 0.29) is 16.5 Å². The second-order valence-electron chi connectivity index (χ2n) is 3.73. The third-order valence-electron chi connectivity index (χ3n) is 2.58. The summed E-state index contributed by atoms with van der Waals surface area (Å²) in [6.45, 7) is 1.50. The first-order valence-electron chi connectivity index (χ1n) is 5.18. The molecule has 0 bridgehead atoms. The number of aromatic nitrogens is 1. The lowest BCUT2D eigenvalue weighted by Gasteiger charge is -2.25. The van der Waals surface area contributed by atoms with Gasteiger partial charge in [-0.25, -0.2) is 4.79 Å². The quantitative estimate of drug-likeness (QED) is 0.849. The predicted molar refractivity (Wildman–Crippen MR) is 58.8 cm³/mol. The smallest absolute Gasteiger partial charge is 0.347 e. The van der Waals surface area contributed by atoms with E-state index in [1.54, 1.807) is 4.90 Å². The first-order chi connectivity index (χ1) is 7.68. The summed E-state index contributed by atoms with van der Waals surface area (Å²) in [4.78, 5) is 24.4. The van der Waals surface area contributed by atoms with E-state index >= 15 is 0 Å². The number of likely N-dealkylation sites (tertiary alicyclic amines) is 1. The van der Waals surface area contributed by atoms with E-state index in [1.807, 2.05) is 0 Å². The minimum absolute atomic E-state index is 0.111. The van der Waals surface area contributed by atoms with Crippen LogP contribution in [-0.2, 0) is 0 Å². The van der Waals surface area contributed by atoms with Crippen LogP contribution in [0.3, 0.4) is 0 Å². The Labute approximate surface area is 96.9 Å². The van der Waals surface area contributed by atoms with Gasteiger partial charge < -0.3 is 10.0 Å². The van der Waals surface area contributed by atoms with Crippen LogP contribution in [0.1, 0.15) is 39.4 Å². The highest BCUT2D eigenvalue weighted by Crippen LogP contribution is 2.15. The number of carbonyl (C=O) groups excluding carboxylic acids is 1. The van der Waals surface area contributed by atoms with Crippen LogP contribution in [0.4, 0.5) is 0 Å². The lowest BCUT2D eigenvalue weighted by Crippen LogP contribution is -2.35. The maximum Gasteiger partial charge on any atom is 0.347 e. The average molecular weight is 240 g/mol. The van der Waals surface area contributed by atoms with Crippen molar-refractivity contribution in [2.24, 2.45) is 0 Å². The lowest BCUT2D eigenvalue weighted by molar-refractivity contribution is 0.0702. The maximum atomic E-state index is 11.9. The highest BCUT2D eigenvalue weighted by Gasteiger charge is 2.21. The Morgan fingerprint density at radius 3 is 2.56 bits per heavy atom. The van der Waals surface area contributed by atoms with Crippen molar-refractivity contribution in [3.63, 3.8) is 0 Å². The number of carbonyl (C=O) groups is 2. The molecule has 0 aromatic carbocycles. The van der Waals surface area contributed by atoms with Crippen LogP contribution in [-0.4, -0.2) is 39.3 Å². The van der Waals surface area contributed by atoms with Gasteiger partial charge in [-0.05, 0) is 36.9 Å². The first kappa shape index (κ1) is 11.1. The van der Waals surface area contributed by atoms with Crippen LogP contribution in [0.2, 0.25) is 0 Å². The predicted octanol–water partition coefficient (Wildman–Crippen LogP) is 1.47. The van der Waals surface area contributed by atoms with Crippen LogP contribution in [0.25, 0.3) is 0 Å². The van der Waals surface area contributed by atoms with E-state index in [0.717, 1.165) is 43.9 Å². The van der Waals surface area contributed by atoms with Gasteiger partial charge in [-0.1, -0.05) is 0 Å². The maximum absolute atomic E-state index is 11.9. The second-order valence-corrected chi connectivity index (χ2v) is 4.54. The Balaban J connectivity index is 2.10. The monoisotopic (exact) mass is 240 g/mol. The summed E-state index contributed by atoms with van der Waals surface area (Å²) in [6.07, 6.45) is 3.19. The van der Waals surface area contributed by atoms with Crippen LogP contribution < -0.4 is 0 Å². The number of rotatable bonds is 2. The fraction of sp³-hybridized carbons (Fsp3) is 0.500. The summed E-state index contributed by atoms with van der Waals surface area (Å²) >= 11 is 0.853. The molecule has 16 heavy (non-hydrogen) atoms. The highest BCUT2D eigenvalue weighted by atomic mass is 32.1. The van der Waals surface area contributed by atoms with Gasteiger partial charge in [0.2, 0.25) is 0 Å². The summed E-state index contributed by atoms with van der Waals surface area (Å²) < 4.78 is 3.88. The van der Waals surface area contributed by atoms with E-state index in [1.165, 1.54) is 6.07 Å². The standard InChI is InChI=1S/C10H12N2O3S/c13-9(12-4-2-1-3-5-12)7-6-8(10(14)15)16-11-7/h6H,1-5H2,(H,14,15). The van der Waals surface area contributed by atoms with Crippen molar-refractivity contribution >= 4 is 23.4 Å². The van der Waals surface area contributed by atoms with E-state index in [0.29, 0.717) is 0 Å². The van der Waals surface area contributed by atoms with Gasteiger partial charge in [0.25, 0.3) is 5.91 Å². The van der Waals surface area contributed by atoms with E-state index in [9.17, 15) is 9.59 Å². The molecular formula is C10H12N2O3S. The number of carboxylic acid groups (broad SMARTS) is 1. The Bertz CT molecular complexity index is 410. The van der Waals surface area contributed by atoms with Gasteiger partial charge in [-0.3, -0.25) is 4.79 Å². The van der Waals surface area contributed by atoms with Crippen molar-refractivity contribution in [2.45, 2.75) is 19.3 Å². The summed E-state index contributed by atoms with van der Waals surface area (Å²) in [6, 6.07) is 1.35. The van der Waals surface area contributed by atoms with Gasteiger partial charge in [0.15, 0.2) is 0 Å². The zero-order valence-electron chi connectivity index (χ0n) is 8.68. The number of aromatic carboxylic acids is 1. The first-order valence-corrected chi connectivity index (χ1v) is 5.95. The van der Waals surface area contributed by atoms with Gasteiger partial charge in [-0.15, -0.1) is 0 Å². The van der Waals surface area contributed by atoms with E-state index in [4.69, 9.17) is 5.11 Å². The van der Waals surface area contributed by atoms with Crippen LogP contribution in [0.15, 0.2) is 6.07 Å². The van der Waals surface area contributed by atoms with Crippen molar-refractivity contribution in [3.05, 3.63) is 16.6 Å². The van der Waals surface area contributed by atoms with Gasteiger partial charge in [0.1, 0.15) is 10.6 Å². The number of hydrogen-bond donors (Lipinski definition) is 1. The summed E-state index contributed by atoms with van der Waals surface area (Å²) in [5, 5.41) is 8.74. The SMILES string of the molecule is O=C(O)c1cc(C(=O)N2CCCCC2)ns1. The van der Waals surface area contributed by atoms with Crippen LogP contribution in [0.5, 0.6) is 0 Å². The van der Waals surface area contributed by atoms with Crippen molar-refractivity contribution in [1.29, 1.82) is 0 Å². The van der Waals surface area contributed by atoms with Crippen molar-refractivity contribution < 1.29 is 14.7 Å². The molecule has 1 aliphatic rings. The normalized spacial score (nSPS) is 16.1. The van der Waals surface area contributed by atoms with E-state index in [2.05, 4.69) is 4.37 Å². The highest BCUT2D eigenvalue weighted by molar-refractivity contribution is 7.08. The number of piperidine rings is 1. The van der Waals surface area contributed by atoms with Crippen LogP contribution >= 0.6 is 11.5 Å². The van der Waals surface area contributed by atoms with Gasteiger partial charge >= 0.3 is 5.97 Å². The lowest BCUT2D eigenvalue weighted by atomic mass is 10.1. The molecule has 5 nitrogen and oxygen atoms in total. The summed E-state index contributed by atoms with van der Waals surface area (Å²) in [5.41, 5.74) is 0.254. The fourth-order valence-corrected chi connectivity index (χ4v) is 2.31. The third-order valence-corrected chi connectivity index (χ3v) is 3.36.